The van der Waals surface area contributed by atoms with Gasteiger partial charge in [-0.1, -0.05) is 19.4 Å². The fourth-order valence-electron chi connectivity index (χ4n) is 2.87. The smallest absolute Gasteiger partial charge is 0.222 e. The number of anilines is 2. The van der Waals surface area contributed by atoms with Crippen LogP contribution in [0.25, 0.3) is 0 Å². The number of nitrogens with zero attached hydrogens (tertiary/aromatic N) is 2. The predicted octanol–water partition coefficient (Wildman–Crippen LogP) is 2.86. The van der Waals surface area contributed by atoms with Crippen molar-refractivity contribution in [1.29, 1.82) is 0 Å². The molecule has 0 amide bonds. The monoisotopic (exact) mass is 373 g/mol. The molecule has 27 heavy (non-hydrogen) atoms. The van der Waals surface area contributed by atoms with Crippen LogP contribution in [0.3, 0.4) is 0 Å². The maximum absolute atomic E-state index is 5.91. The summed E-state index contributed by atoms with van der Waals surface area (Å²) in [5.74, 6) is 2.57. The van der Waals surface area contributed by atoms with Gasteiger partial charge >= 0.3 is 0 Å². The van der Waals surface area contributed by atoms with Crippen LogP contribution in [-0.4, -0.2) is 43.3 Å². The lowest BCUT2D eigenvalue weighted by Crippen LogP contribution is -2.16. The van der Waals surface area contributed by atoms with E-state index in [-0.39, 0.29) is 5.95 Å². The Kier molecular flexibility index (Phi) is 8.13. The zero-order valence-corrected chi connectivity index (χ0v) is 16.7. The summed E-state index contributed by atoms with van der Waals surface area (Å²) >= 11 is 0. The Bertz CT molecular complexity index is 724. The number of likely N-dealkylation sites (N-methyl/N-ethyl adjacent to an activating group) is 1. The van der Waals surface area contributed by atoms with Crippen molar-refractivity contribution in [3.05, 3.63) is 35.5 Å². The van der Waals surface area contributed by atoms with E-state index >= 15 is 0 Å². The van der Waals surface area contributed by atoms with E-state index in [4.69, 9.17) is 15.2 Å². The van der Waals surface area contributed by atoms with Crippen LogP contribution in [0.1, 0.15) is 37.9 Å². The summed E-state index contributed by atoms with van der Waals surface area (Å²) in [7, 11) is 3.55. The van der Waals surface area contributed by atoms with Crippen molar-refractivity contribution in [2.24, 2.45) is 0 Å². The number of aromatic nitrogens is 2. The Balaban J connectivity index is 2.14. The third-order valence-electron chi connectivity index (χ3n) is 4.16. The van der Waals surface area contributed by atoms with Crippen LogP contribution in [0.2, 0.25) is 0 Å². The second-order valence-corrected chi connectivity index (χ2v) is 6.54. The quantitative estimate of drug-likeness (QED) is 0.521. The largest absolute Gasteiger partial charge is 0.496 e. The molecule has 0 saturated carbocycles. The summed E-state index contributed by atoms with van der Waals surface area (Å²) in [6, 6.07) is 8.12. The minimum atomic E-state index is 0.268. The number of benzene rings is 1. The lowest BCUT2D eigenvalue weighted by Gasteiger charge is -2.15. The summed E-state index contributed by atoms with van der Waals surface area (Å²) in [5, 5.41) is 6.44. The lowest BCUT2D eigenvalue weighted by molar-refractivity contribution is 0.315. The molecule has 2 aromatic rings. The molecule has 1 atom stereocenters. The zero-order valence-electron chi connectivity index (χ0n) is 16.7. The first-order valence-electron chi connectivity index (χ1n) is 9.40. The first kappa shape index (κ1) is 20.8. The first-order valence-corrected chi connectivity index (χ1v) is 9.40. The average molecular weight is 374 g/mol. The molecule has 0 bridgehead atoms. The van der Waals surface area contributed by atoms with E-state index in [1.165, 1.54) is 0 Å². The van der Waals surface area contributed by atoms with Crippen LogP contribution in [0, 0.1) is 0 Å². The summed E-state index contributed by atoms with van der Waals surface area (Å²) in [5.41, 5.74) is 7.77. The van der Waals surface area contributed by atoms with Gasteiger partial charge in [0.15, 0.2) is 0 Å². The summed E-state index contributed by atoms with van der Waals surface area (Å²) in [4.78, 5) is 8.67. The van der Waals surface area contributed by atoms with Crippen LogP contribution in [-0.2, 0) is 6.42 Å². The lowest BCUT2D eigenvalue weighted by atomic mass is 10.1. The van der Waals surface area contributed by atoms with Gasteiger partial charge in [0.05, 0.1) is 12.8 Å². The number of methoxy groups -OCH3 is 1. The van der Waals surface area contributed by atoms with E-state index in [2.05, 4.69) is 34.4 Å². The van der Waals surface area contributed by atoms with Crippen LogP contribution in [0.5, 0.6) is 11.5 Å². The van der Waals surface area contributed by atoms with Crippen LogP contribution >= 0.6 is 0 Å². The molecule has 0 aliphatic heterocycles. The van der Waals surface area contributed by atoms with E-state index in [0.717, 1.165) is 48.0 Å². The normalized spacial score (nSPS) is 11.9. The highest BCUT2D eigenvalue weighted by atomic mass is 16.5. The molecule has 0 aliphatic rings. The molecule has 0 fully saturated rings. The van der Waals surface area contributed by atoms with E-state index < -0.39 is 0 Å². The SMILES string of the molecule is CCC[C@@H](C)Nc1cc(Cc2ccc(OCCNC)cc2OC)nc(N)n1. The van der Waals surface area contributed by atoms with Gasteiger partial charge in [0.1, 0.15) is 23.9 Å². The minimum absolute atomic E-state index is 0.268. The fourth-order valence-corrected chi connectivity index (χ4v) is 2.87. The molecule has 1 heterocycles. The number of nitrogens with one attached hydrogen (secondary N) is 2. The number of rotatable bonds is 11. The molecule has 0 saturated heterocycles. The number of ether oxygens (including phenoxy) is 2. The van der Waals surface area contributed by atoms with E-state index in [9.17, 15) is 0 Å². The third-order valence-corrected chi connectivity index (χ3v) is 4.16. The molecular weight excluding hydrogens is 342 g/mol. The number of hydrogen-bond acceptors (Lipinski definition) is 7. The minimum Gasteiger partial charge on any atom is -0.496 e. The molecule has 7 nitrogen and oxygen atoms in total. The van der Waals surface area contributed by atoms with Crippen LogP contribution in [0.15, 0.2) is 24.3 Å². The molecule has 4 N–H and O–H groups in total. The fraction of sp³-hybridized carbons (Fsp3) is 0.500. The van der Waals surface area contributed by atoms with E-state index in [0.29, 0.717) is 19.1 Å². The van der Waals surface area contributed by atoms with Gasteiger partial charge < -0.3 is 25.8 Å². The second kappa shape index (κ2) is 10.6. The summed E-state index contributed by atoms with van der Waals surface area (Å²) in [6.07, 6.45) is 2.78. The third kappa shape index (κ3) is 6.60. The molecule has 7 heteroatoms. The van der Waals surface area contributed by atoms with Gasteiger partial charge in [-0.15, -0.1) is 0 Å². The van der Waals surface area contributed by atoms with Gasteiger partial charge in [-0.25, -0.2) is 4.98 Å². The maximum atomic E-state index is 5.91. The van der Waals surface area contributed by atoms with Crippen molar-refractivity contribution in [1.82, 2.24) is 15.3 Å². The van der Waals surface area contributed by atoms with Crippen molar-refractivity contribution in [2.45, 2.75) is 39.2 Å². The zero-order chi connectivity index (χ0) is 19.6. The van der Waals surface area contributed by atoms with Crippen LogP contribution in [0.4, 0.5) is 11.8 Å². The predicted molar refractivity (Wildman–Crippen MR) is 110 cm³/mol. The van der Waals surface area contributed by atoms with Gasteiger partial charge in [0.25, 0.3) is 0 Å². The molecule has 0 unspecified atom stereocenters. The Hall–Kier alpha value is -2.54. The Morgan fingerprint density at radius 3 is 2.74 bits per heavy atom. The average Bonchev–Trinajstić information content (AvgIpc) is 2.62. The number of hydrogen-bond donors (Lipinski definition) is 3. The van der Waals surface area contributed by atoms with Crippen molar-refractivity contribution in [2.75, 3.05) is 38.4 Å². The van der Waals surface area contributed by atoms with Gasteiger partial charge in [0, 0.05) is 36.7 Å². The highest BCUT2D eigenvalue weighted by molar-refractivity contribution is 5.46. The van der Waals surface area contributed by atoms with E-state index in [1.807, 2.05) is 31.3 Å². The molecular formula is C20H31N5O2. The topological polar surface area (TPSA) is 94.3 Å². The van der Waals surface area contributed by atoms with Crippen molar-refractivity contribution in [3.8, 4) is 11.5 Å². The summed E-state index contributed by atoms with van der Waals surface area (Å²) in [6.45, 7) is 5.69. The van der Waals surface area contributed by atoms with Crippen molar-refractivity contribution in [3.63, 3.8) is 0 Å². The molecule has 0 radical (unpaired) electrons. The maximum Gasteiger partial charge on any atom is 0.222 e. The van der Waals surface area contributed by atoms with Crippen molar-refractivity contribution >= 4 is 11.8 Å². The number of nitrogen functional groups attached to an aromatic ring is 1. The first-order chi connectivity index (χ1) is 13.0. The Labute approximate surface area is 161 Å². The molecule has 148 valence electrons. The molecule has 1 aromatic carbocycles. The highest BCUT2D eigenvalue weighted by Crippen LogP contribution is 2.27. The Morgan fingerprint density at radius 2 is 2.04 bits per heavy atom. The second-order valence-electron chi connectivity index (χ2n) is 6.54. The molecule has 0 aliphatic carbocycles. The molecule has 2 rings (SSSR count). The highest BCUT2D eigenvalue weighted by Gasteiger charge is 2.10. The standard InChI is InChI=1S/C20H31N5O2/c1-5-6-14(2)23-19-12-16(24-20(21)25-19)11-15-7-8-17(13-18(15)26-4)27-10-9-22-3/h7-8,12-14,22H,5-6,9-11H2,1-4H3,(H3,21,23,24,25)/t14-/m1/s1. The summed E-state index contributed by atoms with van der Waals surface area (Å²) < 4.78 is 11.2. The van der Waals surface area contributed by atoms with E-state index in [1.54, 1.807) is 7.11 Å². The van der Waals surface area contributed by atoms with Gasteiger partial charge in [-0.2, -0.15) is 4.98 Å². The molecule has 0 spiro atoms. The van der Waals surface area contributed by atoms with Crippen LogP contribution < -0.4 is 25.8 Å². The van der Waals surface area contributed by atoms with Gasteiger partial charge in [0.2, 0.25) is 5.95 Å². The van der Waals surface area contributed by atoms with Crippen molar-refractivity contribution < 1.29 is 9.47 Å². The molecule has 1 aromatic heterocycles. The number of nitrogens with two attached hydrogens (primary N) is 1. The Morgan fingerprint density at radius 1 is 1.22 bits per heavy atom. The van der Waals surface area contributed by atoms with Gasteiger partial charge in [-0.3, -0.25) is 0 Å². The van der Waals surface area contributed by atoms with Gasteiger partial charge in [-0.05, 0) is 26.5 Å².